The first-order valence-electron chi connectivity index (χ1n) is 8.53. The van der Waals surface area contributed by atoms with Crippen molar-refractivity contribution in [2.45, 2.75) is 30.5 Å². The summed E-state index contributed by atoms with van der Waals surface area (Å²) in [5, 5.41) is 10.1. The predicted octanol–water partition coefficient (Wildman–Crippen LogP) is 4.06. The molecule has 6 nitrogen and oxygen atoms in total. The third kappa shape index (κ3) is 2.59. The van der Waals surface area contributed by atoms with Crippen molar-refractivity contribution in [3.63, 3.8) is 0 Å². The Balaban J connectivity index is 1.50. The summed E-state index contributed by atoms with van der Waals surface area (Å²) in [6.07, 6.45) is 6.81. The fourth-order valence-electron chi connectivity index (χ4n) is 3.69. The molecular formula is C18H17BrN6S. The third-order valence-corrected chi connectivity index (χ3v) is 6.02. The second-order valence-corrected chi connectivity index (χ2v) is 8.10. The Labute approximate surface area is 162 Å². The lowest BCUT2D eigenvalue weighted by Gasteiger charge is -2.24. The van der Waals surface area contributed by atoms with Crippen molar-refractivity contribution in [2.75, 3.05) is 11.6 Å². The molecule has 4 aromatic rings. The van der Waals surface area contributed by atoms with Gasteiger partial charge in [-0.15, -0.1) is 0 Å². The topological polar surface area (TPSA) is 70.9 Å². The van der Waals surface area contributed by atoms with Crippen molar-refractivity contribution in [3.05, 3.63) is 46.2 Å². The molecular weight excluding hydrogens is 412 g/mol. The number of thioether (sulfide) groups is 1. The molecule has 0 aliphatic heterocycles. The van der Waals surface area contributed by atoms with Gasteiger partial charge in [-0.05, 0) is 53.1 Å². The van der Waals surface area contributed by atoms with Gasteiger partial charge in [0.25, 0.3) is 0 Å². The standard InChI is InChI=1S/C18H17BrN6S/c1-26-18-23-16-13(19)9-20-25(16)17(24-18)21-10-6-7-15-12(8-10)11-4-2-3-5-14(11)22-15/h2-5,9-10,22H,6-8H2,1H3,(H,21,23,24)/t10-/m1/s1. The van der Waals surface area contributed by atoms with Crippen LogP contribution >= 0.6 is 27.7 Å². The first-order valence-corrected chi connectivity index (χ1v) is 10.5. The number of aryl methyl sites for hydroxylation is 1. The van der Waals surface area contributed by atoms with Crippen LogP contribution < -0.4 is 5.32 Å². The molecule has 0 saturated heterocycles. The highest BCUT2D eigenvalue weighted by Gasteiger charge is 2.24. The molecule has 0 unspecified atom stereocenters. The molecule has 1 aliphatic rings. The molecule has 3 heterocycles. The zero-order valence-corrected chi connectivity index (χ0v) is 16.6. The molecule has 1 aliphatic carbocycles. The van der Waals surface area contributed by atoms with Crippen molar-refractivity contribution in [1.82, 2.24) is 24.6 Å². The van der Waals surface area contributed by atoms with Gasteiger partial charge in [-0.25, -0.2) is 4.98 Å². The van der Waals surface area contributed by atoms with Crippen molar-refractivity contribution < 1.29 is 0 Å². The molecule has 132 valence electrons. The quantitative estimate of drug-likeness (QED) is 0.481. The number of aromatic amines is 1. The largest absolute Gasteiger partial charge is 0.358 e. The third-order valence-electron chi connectivity index (χ3n) is 4.92. The first-order chi connectivity index (χ1) is 12.7. The van der Waals surface area contributed by atoms with Crippen LogP contribution in [0.3, 0.4) is 0 Å². The summed E-state index contributed by atoms with van der Waals surface area (Å²) in [5.41, 5.74) is 4.80. The molecule has 0 spiro atoms. The van der Waals surface area contributed by atoms with Crippen LogP contribution in [0.1, 0.15) is 17.7 Å². The number of anilines is 1. The van der Waals surface area contributed by atoms with E-state index in [4.69, 9.17) is 0 Å². The highest BCUT2D eigenvalue weighted by Crippen LogP contribution is 2.30. The number of aromatic nitrogens is 5. The minimum absolute atomic E-state index is 0.317. The summed E-state index contributed by atoms with van der Waals surface area (Å²) in [4.78, 5) is 12.8. The van der Waals surface area contributed by atoms with Gasteiger partial charge >= 0.3 is 0 Å². The fourth-order valence-corrected chi connectivity index (χ4v) is 4.39. The van der Waals surface area contributed by atoms with Crippen molar-refractivity contribution in [1.29, 1.82) is 0 Å². The van der Waals surface area contributed by atoms with Crippen LogP contribution in [0.2, 0.25) is 0 Å². The summed E-state index contributed by atoms with van der Waals surface area (Å²) in [6.45, 7) is 0. The van der Waals surface area contributed by atoms with E-state index in [-0.39, 0.29) is 0 Å². The summed E-state index contributed by atoms with van der Waals surface area (Å²) in [6, 6.07) is 8.85. The zero-order chi connectivity index (χ0) is 17.7. The van der Waals surface area contributed by atoms with Crippen molar-refractivity contribution >= 4 is 50.2 Å². The number of hydrogen-bond acceptors (Lipinski definition) is 5. The SMILES string of the molecule is CSc1nc(N[C@@H]2CCc3[nH]c4ccccc4c3C2)n2ncc(Br)c2n1. The number of halogens is 1. The van der Waals surface area contributed by atoms with E-state index in [1.54, 1.807) is 10.7 Å². The van der Waals surface area contributed by atoms with Crippen LogP contribution in [-0.4, -0.2) is 36.9 Å². The number of nitrogens with one attached hydrogen (secondary N) is 2. The monoisotopic (exact) mass is 428 g/mol. The van der Waals surface area contributed by atoms with Gasteiger partial charge in [0, 0.05) is 22.6 Å². The number of H-pyrrole nitrogens is 1. The zero-order valence-electron chi connectivity index (χ0n) is 14.2. The van der Waals surface area contributed by atoms with Crippen LogP contribution in [0, 0.1) is 0 Å². The minimum atomic E-state index is 0.317. The Kier molecular flexibility index (Phi) is 3.90. The molecule has 1 aromatic carbocycles. The van der Waals surface area contributed by atoms with E-state index < -0.39 is 0 Å². The van der Waals surface area contributed by atoms with Crippen LogP contribution in [-0.2, 0) is 12.8 Å². The van der Waals surface area contributed by atoms with Crippen molar-refractivity contribution in [3.8, 4) is 0 Å². The smallest absolute Gasteiger partial charge is 0.228 e. The highest BCUT2D eigenvalue weighted by molar-refractivity contribution is 9.10. The molecule has 3 aromatic heterocycles. The lowest BCUT2D eigenvalue weighted by Crippen LogP contribution is -2.29. The minimum Gasteiger partial charge on any atom is -0.358 e. The molecule has 0 saturated carbocycles. The van der Waals surface area contributed by atoms with E-state index in [1.807, 2.05) is 6.26 Å². The summed E-state index contributed by atoms with van der Waals surface area (Å²) in [7, 11) is 0. The molecule has 26 heavy (non-hydrogen) atoms. The predicted molar refractivity (Wildman–Crippen MR) is 108 cm³/mol. The lowest BCUT2D eigenvalue weighted by molar-refractivity contribution is 0.597. The fraction of sp³-hybridized carbons (Fsp3) is 0.278. The Morgan fingerprint density at radius 3 is 3.08 bits per heavy atom. The Morgan fingerprint density at radius 2 is 2.19 bits per heavy atom. The maximum atomic E-state index is 4.65. The lowest BCUT2D eigenvalue weighted by atomic mass is 9.91. The van der Waals surface area contributed by atoms with E-state index >= 15 is 0 Å². The summed E-state index contributed by atoms with van der Waals surface area (Å²) < 4.78 is 2.65. The van der Waals surface area contributed by atoms with Crippen LogP contribution in [0.15, 0.2) is 40.1 Å². The Morgan fingerprint density at radius 1 is 1.31 bits per heavy atom. The maximum absolute atomic E-state index is 4.65. The number of hydrogen-bond donors (Lipinski definition) is 2. The van der Waals surface area contributed by atoms with E-state index in [0.29, 0.717) is 6.04 Å². The second kappa shape index (κ2) is 6.28. The first kappa shape index (κ1) is 16.1. The van der Waals surface area contributed by atoms with Gasteiger partial charge in [0.1, 0.15) is 0 Å². The summed E-state index contributed by atoms with van der Waals surface area (Å²) in [5.74, 6) is 0.748. The molecule has 0 bridgehead atoms. The average molecular weight is 429 g/mol. The molecule has 5 rings (SSSR count). The second-order valence-electron chi connectivity index (χ2n) is 6.47. The molecule has 0 fully saturated rings. The highest BCUT2D eigenvalue weighted by atomic mass is 79.9. The van der Waals surface area contributed by atoms with Gasteiger partial charge in [-0.3, -0.25) is 0 Å². The normalized spacial score (nSPS) is 16.9. The molecule has 0 amide bonds. The molecule has 2 N–H and O–H groups in total. The maximum Gasteiger partial charge on any atom is 0.228 e. The van der Waals surface area contributed by atoms with Gasteiger partial charge < -0.3 is 10.3 Å². The van der Waals surface area contributed by atoms with E-state index in [1.165, 1.54) is 33.9 Å². The molecule has 1 atom stereocenters. The van der Waals surface area contributed by atoms with Gasteiger partial charge in [0.05, 0.1) is 10.7 Å². The Hall–Kier alpha value is -2.06. The number of rotatable bonds is 3. The van der Waals surface area contributed by atoms with Crippen LogP contribution in [0.5, 0.6) is 0 Å². The summed E-state index contributed by atoms with van der Waals surface area (Å²) >= 11 is 5.05. The van der Waals surface area contributed by atoms with Crippen LogP contribution in [0.25, 0.3) is 16.6 Å². The number of benzene rings is 1. The van der Waals surface area contributed by atoms with Gasteiger partial charge in [-0.2, -0.15) is 14.6 Å². The van der Waals surface area contributed by atoms with E-state index in [2.05, 4.69) is 65.6 Å². The number of para-hydroxylation sites is 1. The van der Waals surface area contributed by atoms with Crippen LogP contribution in [0.4, 0.5) is 5.95 Å². The number of nitrogens with zero attached hydrogens (tertiary/aromatic N) is 4. The van der Waals surface area contributed by atoms with Gasteiger partial charge in [-0.1, -0.05) is 30.0 Å². The van der Waals surface area contributed by atoms with Gasteiger partial charge in [0.2, 0.25) is 5.95 Å². The molecule has 8 heteroatoms. The molecule has 0 radical (unpaired) electrons. The van der Waals surface area contributed by atoms with E-state index in [9.17, 15) is 0 Å². The average Bonchev–Trinajstić information content (AvgIpc) is 3.22. The Bertz CT molecular complexity index is 1120. The van der Waals surface area contributed by atoms with Crippen molar-refractivity contribution in [2.24, 2.45) is 0 Å². The van der Waals surface area contributed by atoms with E-state index in [0.717, 1.165) is 40.5 Å². The number of fused-ring (bicyclic) bond motifs is 4. The van der Waals surface area contributed by atoms with Gasteiger partial charge in [0.15, 0.2) is 10.8 Å².